The lowest BCUT2D eigenvalue weighted by Crippen LogP contribution is -2.05. The van der Waals surface area contributed by atoms with E-state index in [1.807, 2.05) is 13.0 Å². The molecule has 0 spiro atoms. The Morgan fingerprint density at radius 2 is 2.25 bits per heavy atom. The Kier molecular flexibility index (Phi) is 5.25. The van der Waals surface area contributed by atoms with Crippen molar-refractivity contribution in [3.05, 3.63) is 18.1 Å². The molecule has 0 saturated carbocycles. The molecule has 0 aliphatic rings. The number of carbonyl (C=O) groups is 1. The molecule has 0 fully saturated rings. The van der Waals surface area contributed by atoms with E-state index in [0.717, 1.165) is 30.9 Å². The van der Waals surface area contributed by atoms with Crippen molar-refractivity contribution in [2.75, 3.05) is 11.9 Å². The third-order valence-corrected chi connectivity index (χ3v) is 2.21. The van der Waals surface area contributed by atoms with Crippen molar-refractivity contribution >= 4 is 11.8 Å². The number of aliphatic carboxylic acids is 1. The molecule has 1 rings (SSSR count). The molecule has 1 aromatic rings. The van der Waals surface area contributed by atoms with Crippen molar-refractivity contribution < 1.29 is 9.90 Å². The molecule has 0 radical (unpaired) electrons. The van der Waals surface area contributed by atoms with Crippen LogP contribution in [0, 0.1) is 0 Å². The van der Waals surface area contributed by atoms with Crippen molar-refractivity contribution in [3.8, 4) is 0 Å². The van der Waals surface area contributed by atoms with E-state index in [0.29, 0.717) is 6.42 Å². The summed E-state index contributed by atoms with van der Waals surface area (Å²) >= 11 is 0. The van der Waals surface area contributed by atoms with E-state index in [2.05, 4.69) is 15.3 Å². The predicted octanol–water partition coefficient (Wildman–Crippen LogP) is 1.71. The summed E-state index contributed by atoms with van der Waals surface area (Å²) in [4.78, 5) is 18.5. The van der Waals surface area contributed by atoms with Gasteiger partial charge in [0.1, 0.15) is 12.1 Å². The van der Waals surface area contributed by atoms with Gasteiger partial charge in [-0.2, -0.15) is 0 Å². The number of aromatic nitrogens is 2. The lowest BCUT2D eigenvalue weighted by Gasteiger charge is -2.05. The summed E-state index contributed by atoms with van der Waals surface area (Å²) in [5, 5.41) is 11.6. The summed E-state index contributed by atoms with van der Waals surface area (Å²) in [6.45, 7) is 2.78. The molecule has 0 bridgehead atoms. The fraction of sp³-hybridized carbons (Fsp3) is 0.545. The number of aryl methyl sites for hydroxylation is 1. The molecule has 1 heterocycles. The van der Waals surface area contributed by atoms with Crippen LogP contribution in [0.25, 0.3) is 0 Å². The van der Waals surface area contributed by atoms with Crippen molar-refractivity contribution in [3.63, 3.8) is 0 Å². The van der Waals surface area contributed by atoms with Crippen LogP contribution in [0.5, 0.6) is 0 Å². The van der Waals surface area contributed by atoms with Gasteiger partial charge in [-0.15, -0.1) is 0 Å². The highest BCUT2D eigenvalue weighted by atomic mass is 16.4. The smallest absolute Gasteiger partial charge is 0.303 e. The van der Waals surface area contributed by atoms with Crippen LogP contribution in [0.15, 0.2) is 12.4 Å². The quantitative estimate of drug-likeness (QED) is 0.688. The van der Waals surface area contributed by atoms with Crippen LogP contribution >= 0.6 is 0 Å². The maximum absolute atomic E-state index is 10.3. The molecule has 0 atom stereocenters. The van der Waals surface area contributed by atoms with E-state index in [1.165, 1.54) is 0 Å². The molecule has 0 aliphatic heterocycles. The van der Waals surface area contributed by atoms with Crippen molar-refractivity contribution in [1.29, 1.82) is 0 Å². The Balaban J connectivity index is 2.23. The predicted molar refractivity (Wildman–Crippen MR) is 61.4 cm³/mol. The zero-order valence-corrected chi connectivity index (χ0v) is 9.44. The number of unbranched alkanes of at least 4 members (excludes halogenated alkanes) is 1. The van der Waals surface area contributed by atoms with Gasteiger partial charge in [-0.25, -0.2) is 9.97 Å². The zero-order valence-electron chi connectivity index (χ0n) is 9.44. The van der Waals surface area contributed by atoms with Gasteiger partial charge in [-0.3, -0.25) is 4.79 Å². The first kappa shape index (κ1) is 12.4. The van der Waals surface area contributed by atoms with Crippen LogP contribution in [-0.2, 0) is 11.2 Å². The molecule has 0 aromatic carbocycles. The maximum atomic E-state index is 10.3. The second-order valence-electron chi connectivity index (χ2n) is 3.53. The highest BCUT2D eigenvalue weighted by molar-refractivity contribution is 5.66. The summed E-state index contributed by atoms with van der Waals surface area (Å²) in [7, 11) is 0. The third-order valence-electron chi connectivity index (χ3n) is 2.21. The largest absolute Gasteiger partial charge is 0.481 e. The molecule has 0 unspecified atom stereocenters. The summed E-state index contributed by atoms with van der Waals surface area (Å²) in [6, 6.07) is 1.91. The number of nitrogens with one attached hydrogen (secondary N) is 1. The molecule has 0 saturated heterocycles. The topological polar surface area (TPSA) is 75.1 Å². The van der Waals surface area contributed by atoms with Gasteiger partial charge in [0.25, 0.3) is 0 Å². The summed E-state index contributed by atoms with van der Waals surface area (Å²) in [5.74, 6) is 0.0671. The van der Waals surface area contributed by atoms with E-state index in [-0.39, 0.29) is 6.42 Å². The van der Waals surface area contributed by atoms with Gasteiger partial charge in [0, 0.05) is 24.7 Å². The zero-order chi connectivity index (χ0) is 11.8. The highest BCUT2D eigenvalue weighted by Gasteiger charge is 1.98. The Hall–Kier alpha value is -1.65. The molecule has 5 heteroatoms. The lowest BCUT2D eigenvalue weighted by molar-refractivity contribution is -0.137. The molecule has 0 aliphatic carbocycles. The van der Waals surface area contributed by atoms with Gasteiger partial charge >= 0.3 is 5.97 Å². The van der Waals surface area contributed by atoms with Crippen LogP contribution in [0.4, 0.5) is 5.82 Å². The molecule has 0 amide bonds. The minimum absolute atomic E-state index is 0.228. The molecule has 16 heavy (non-hydrogen) atoms. The fourth-order valence-corrected chi connectivity index (χ4v) is 1.31. The Morgan fingerprint density at radius 3 is 2.94 bits per heavy atom. The van der Waals surface area contributed by atoms with Crippen LogP contribution in [0.1, 0.15) is 31.9 Å². The van der Waals surface area contributed by atoms with E-state index < -0.39 is 5.97 Å². The number of hydrogen-bond donors (Lipinski definition) is 2. The van der Waals surface area contributed by atoms with Crippen LogP contribution < -0.4 is 5.32 Å². The Labute approximate surface area is 94.9 Å². The highest BCUT2D eigenvalue weighted by Crippen LogP contribution is 2.05. The standard InChI is InChI=1S/C11H17N3O2/c1-2-9-7-10(14-8-13-9)12-6-4-3-5-11(15)16/h7-8H,2-6H2,1H3,(H,15,16)(H,12,13,14). The summed E-state index contributed by atoms with van der Waals surface area (Å²) < 4.78 is 0. The molecule has 88 valence electrons. The lowest BCUT2D eigenvalue weighted by atomic mass is 10.2. The van der Waals surface area contributed by atoms with Crippen molar-refractivity contribution in [2.45, 2.75) is 32.6 Å². The van der Waals surface area contributed by atoms with Crippen molar-refractivity contribution in [2.24, 2.45) is 0 Å². The number of carboxylic acid groups (broad SMARTS) is 1. The van der Waals surface area contributed by atoms with Gasteiger partial charge < -0.3 is 10.4 Å². The minimum Gasteiger partial charge on any atom is -0.481 e. The van der Waals surface area contributed by atoms with E-state index in [4.69, 9.17) is 5.11 Å². The fourth-order valence-electron chi connectivity index (χ4n) is 1.31. The number of anilines is 1. The van der Waals surface area contributed by atoms with Crippen LogP contribution in [0.2, 0.25) is 0 Å². The number of hydrogen-bond acceptors (Lipinski definition) is 4. The number of rotatable bonds is 7. The molecule has 1 aromatic heterocycles. The number of nitrogens with zero attached hydrogens (tertiary/aromatic N) is 2. The third kappa shape index (κ3) is 4.72. The monoisotopic (exact) mass is 223 g/mol. The average Bonchev–Trinajstić information content (AvgIpc) is 2.28. The maximum Gasteiger partial charge on any atom is 0.303 e. The Morgan fingerprint density at radius 1 is 1.44 bits per heavy atom. The second kappa shape index (κ2) is 6.76. The van der Waals surface area contributed by atoms with Crippen LogP contribution in [0.3, 0.4) is 0 Å². The molecule has 2 N–H and O–H groups in total. The van der Waals surface area contributed by atoms with Gasteiger partial charge in [0.15, 0.2) is 0 Å². The molecule has 5 nitrogen and oxygen atoms in total. The van der Waals surface area contributed by atoms with Gasteiger partial charge in [-0.1, -0.05) is 6.92 Å². The van der Waals surface area contributed by atoms with Crippen molar-refractivity contribution in [1.82, 2.24) is 9.97 Å². The minimum atomic E-state index is -0.740. The van der Waals surface area contributed by atoms with E-state index >= 15 is 0 Å². The van der Waals surface area contributed by atoms with Gasteiger partial charge in [-0.05, 0) is 19.3 Å². The van der Waals surface area contributed by atoms with E-state index in [1.54, 1.807) is 6.33 Å². The first-order valence-electron chi connectivity index (χ1n) is 5.49. The normalized spacial score (nSPS) is 10.1. The molecular formula is C11H17N3O2. The SMILES string of the molecule is CCc1cc(NCCCCC(=O)O)ncn1. The second-order valence-corrected chi connectivity index (χ2v) is 3.53. The van der Waals surface area contributed by atoms with Gasteiger partial charge in [0.05, 0.1) is 0 Å². The van der Waals surface area contributed by atoms with Gasteiger partial charge in [0.2, 0.25) is 0 Å². The summed E-state index contributed by atoms with van der Waals surface area (Å²) in [6.07, 6.45) is 4.17. The first-order chi connectivity index (χ1) is 7.72. The van der Waals surface area contributed by atoms with Crippen LogP contribution in [-0.4, -0.2) is 27.6 Å². The summed E-state index contributed by atoms with van der Waals surface area (Å²) in [5.41, 5.74) is 1.00. The number of carboxylic acids is 1. The van der Waals surface area contributed by atoms with E-state index in [9.17, 15) is 4.79 Å². The average molecular weight is 223 g/mol. The molecular weight excluding hydrogens is 206 g/mol. The first-order valence-corrected chi connectivity index (χ1v) is 5.49. The Bertz CT molecular complexity index is 342.